The minimum absolute atomic E-state index is 0.0154. The summed E-state index contributed by atoms with van der Waals surface area (Å²) in [4.78, 5) is 12.9. The average Bonchev–Trinajstić information content (AvgIpc) is 2.94. The largest absolute Gasteiger partial charge is 0.481 e. The zero-order valence-electron chi connectivity index (χ0n) is 27.1. The van der Waals surface area contributed by atoms with E-state index in [1.807, 2.05) is 0 Å². The molecule has 1 heterocycles. The number of carbonyl (C=O) groups is 1. The van der Waals surface area contributed by atoms with E-state index >= 15 is 0 Å². The molecule has 1 aliphatic heterocycles. The molecule has 0 bridgehead atoms. The van der Waals surface area contributed by atoms with Crippen LogP contribution in [0.25, 0.3) is 0 Å². The lowest BCUT2D eigenvalue weighted by atomic mass is 9.33. The molecule has 0 spiro atoms. The number of carboxylic acid groups (broad SMARTS) is 1. The van der Waals surface area contributed by atoms with E-state index in [1.54, 1.807) is 0 Å². The van der Waals surface area contributed by atoms with Gasteiger partial charge in [0, 0.05) is 5.41 Å². The van der Waals surface area contributed by atoms with Gasteiger partial charge >= 0.3 is 5.97 Å². The summed E-state index contributed by atoms with van der Waals surface area (Å²) in [6, 6.07) is 0. The van der Waals surface area contributed by atoms with Gasteiger partial charge in [0.05, 0.1) is 24.7 Å². The Morgan fingerprint density at radius 2 is 1.63 bits per heavy atom. The van der Waals surface area contributed by atoms with Gasteiger partial charge in [-0.2, -0.15) is 0 Å². The molecule has 0 aromatic heterocycles. The van der Waals surface area contributed by atoms with Gasteiger partial charge < -0.3 is 35.0 Å². The van der Waals surface area contributed by atoms with E-state index in [0.717, 1.165) is 57.8 Å². The van der Waals surface area contributed by atoms with E-state index in [4.69, 9.17) is 9.47 Å². The number of ether oxygens (including phenoxy) is 2. The van der Waals surface area contributed by atoms with Crippen LogP contribution in [0.3, 0.4) is 0 Å². The smallest absolute Gasteiger partial charge is 0.310 e. The van der Waals surface area contributed by atoms with Gasteiger partial charge in [-0.25, -0.2) is 0 Å². The monoisotopic (exact) mass is 604 g/mol. The quantitative estimate of drug-likeness (QED) is 0.231. The van der Waals surface area contributed by atoms with Crippen LogP contribution in [0.15, 0.2) is 11.6 Å². The summed E-state index contributed by atoms with van der Waals surface area (Å²) in [5.74, 6) is 0.0529. The third-order valence-corrected chi connectivity index (χ3v) is 14.9. The van der Waals surface area contributed by atoms with E-state index in [0.29, 0.717) is 12.3 Å². The third-order valence-electron chi connectivity index (χ3n) is 14.9. The second kappa shape index (κ2) is 10.2. The minimum atomic E-state index is -1.36. The van der Waals surface area contributed by atoms with Crippen molar-refractivity contribution >= 4 is 5.97 Å². The van der Waals surface area contributed by atoms with Crippen LogP contribution >= 0.6 is 0 Å². The van der Waals surface area contributed by atoms with E-state index in [1.165, 1.54) is 5.57 Å². The molecular weight excluding hydrogens is 548 g/mol. The van der Waals surface area contributed by atoms with Gasteiger partial charge in [-0.3, -0.25) is 4.79 Å². The fourth-order valence-corrected chi connectivity index (χ4v) is 11.9. The molecule has 244 valence electrons. The summed E-state index contributed by atoms with van der Waals surface area (Å²) < 4.78 is 12.0. The van der Waals surface area contributed by atoms with Crippen molar-refractivity contribution in [2.75, 3.05) is 13.2 Å². The number of aliphatic hydroxyl groups is 4. The molecule has 0 radical (unpaired) electrons. The molecule has 13 atom stereocenters. The summed E-state index contributed by atoms with van der Waals surface area (Å²) in [6.45, 7) is 13.9. The molecule has 5 fully saturated rings. The summed E-state index contributed by atoms with van der Waals surface area (Å²) in [6.07, 6.45) is 6.03. The molecule has 5 N–H and O–H groups in total. The summed E-state index contributed by atoms with van der Waals surface area (Å²) in [5.41, 5.74) is 0.232. The van der Waals surface area contributed by atoms with Gasteiger partial charge in [0.25, 0.3) is 0 Å². The molecule has 4 saturated carbocycles. The van der Waals surface area contributed by atoms with Crippen LogP contribution in [0, 0.1) is 50.2 Å². The van der Waals surface area contributed by atoms with E-state index in [2.05, 4.69) is 47.6 Å². The maximum atomic E-state index is 12.9. The Morgan fingerprint density at radius 3 is 2.30 bits per heavy atom. The first-order chi connectivity index (χ1) is 20.0. The van der Waals surface area contributed by atoms with E-state index in [9.17, 15) is 30.3 Å². The van der Waals surface area contributed by atoms with Gasteiger partial charge in [-0.15, -0.1) is 0 Å². The second-order valence-corrected chi connectivity index (χ2v) is 17.3. The maximum absolute atomic E-state index is 12.9. The lowest BCUT2D eigenvalue weighted by Gasteiger charge is -2.71. The molecule has 5 aliphatic carbocycles. The number of carboxylic acids is 1. The lowest BCUT2D eigenvalue weighted by molar-refractivity contribution is -0.312. The molecule has 0 aromatic carbocycles. The normalized spacial score (nSPS) is 54.3. The molecule has 6 rings (SSSR count). The van der Waals surface area contributed by atoms with Gasteiger partial charge in [-0.05, 0) is 104 Å². The van der Waals surface area contributed by atoms with E-state index < -0.39 is 41.4 Å². The van der Waals surface area contributed by atoms with Crippen molar-refractivity contribution < 1.29 is 39.8 Å². The SMILES string of the molecule is CC1(C)CC[C@]2(C(=O)O)CC[C@]3(C)C(=CC[C@@H]4[C@@]5(C)CC[C@H](O[C@@H]6OC[C@H](O)[C@H](O)[C@H]6O)[C@@](C)(CO)[C@@H]5CC[C@]43C)C2C1. The highest BCUT2D eigenvalue weighted by Crippen LogP contribution is 2.76. The fourth-order valence-electron chi connectivity index (χ4n) is 11.9. The highest BCUT2D eigenvalue weighted by atomic mass is 16.7. The Bertz CT molecular complexity index is 1150. The van der Waals surface area contributed by atoms with Crippen molar-refractivity contribution in [2.45, 2.75) is 136 Å². The number of hydrogen-bond acceptors (Lipinski definition) is 7. The number of hydrogen-bond donors (Lipinski definition) is 5. The van der Waals surface area contributed by atoms with Crippen LogP contribution in [-0.2, 0) is 14.3 Å². The Kier molecular flexibility index (Phi) is 7.60. The predicted octanol–water partition coefficient (Wildman–Crippen LogP) is 4.67. The molecule has 0 aromatic rings. The minimum Gasteiger partial charge on any atom is -0.481 e. The molecular formula is C35H56O8. The highest BCUT2D eigenvalue weighted by Gasteiger charge is 2.70. The van der Waals surface area contributed by atoms with Gasteiger partial charge in [0.1, 0.15) is 18.3 Å². The number of rotatable bonds is 4. The standard InChI is InChI=1S/C35H56O8/c1-30(2)13-15-35(29(40)41)16-14-33(5)20(21(35)17-30)7-8-24-31(3)11-10-25(43-28-27(39)26(38)22(37)18-42-28)32(4,19-36)23(31)9-12-34(24,33)6/h7,21-28,36-39H,8-19H2,1-6H3,(H,40,41)/t21?,22-,23+,24+,25-,26-,27+,28-,31-,32-,33+,34+,35-/m0/s1. The Labute approximate surface area is 257 Å². The molecule has 1 saturated heterocycles. The number of aliphatic hydroxyl groups excluding tert-OH is 4. The first-order valence-corrected chi connectivity index (χ1v) is 16.9. The van der Waals surface area contributed by atoms with Gasteiger partial charge in [0.15, 0.2) is 6.29 Å². The van der Waals surface area contributed by atoms with Crippen molar-refractivity contribution in [3.8, 4) is 0 Å². The summed E-state index contributed by atoms with van der Waals surface area (Å²) >= 11 is 0. The zero-order chi connectivity index (χ0) is 31.4. The molecule has 8 heteroatoms. The number of fused-ring (bicyclic) bond motifs is 7. The summed E-state index contributed by atoms with van der Waals surface area (Å²) in [7, 11) is 0. The maximum Gasteiger partial charge on any atom is 0.310 e. The van der Waals surface area contributed by atoms with Crippen molar-refractivity contribution in [1.29, 1.82) is 0 Å². The average molecular weight is 605 g/mol. The van der Waals surface area contributed by atoms with Gasteiger partial charge in [0.2, 0.25) is 0 Å². The highest BCUT2D eigenvalue weighted by molar-refractivity contribution is 5.76. The topological polar surface area (TPSA) is 137 Å². The second-order valence-electron chi connectivity index (χ2n) is 17.3. The molecule has 8 nitrogen and oxygen atoms in total. The van der Waals surface area contributed by atoms with Crippen LogP contribution < -0.4 is 0 Å². The number of allylic oxidation sites excluding steroid dienone is 2. The summed E-state index contributed by atoms with van der Waals surface area (Å²) in [5, 5.41) is 52.3. The van der Waals surface area contributed by atoms with Crippen molar-refractivity contribution in [2.24, 2.45) is 50.2 Å². The Balaban J connectivity index is 1.32. The molecule has 0 amide bonds. The first-order valence-electron chi connectivity index (χ1n) is 16.9. The van der Waals surface area contributed by atoms with Crippen LogP contribution in [-0.4, -0.2) is 75.4 Å². The predicted molar refractivity (Wildman–Crippen MR) is 161 cm³/mol. The van der Waals surface area contributed by atoms with Crippen molar-refractivity contribution in [3.05, 3.63) is 11.6 Å². The molecule has 6 aliphatic rings. The van der Waals surface area contributed by atoms with Crippen LogP contribution in [0.4, 0.5) is 0 Å². The molecule has 1 unspecified atom stereocenters. The van der Waals surface area contributed by atoms with Crippen LogP contribution in [0.2, 0.25) is 0 Å². The van der Waals surface area contributed by atoms with E-state index in [-0.39, 0.29) is 52.8 Å². The first kappa shape index (κ1) is 31.9. The Hall–Kier alpha value is -1.03. The molecule has 43 heavy (non-hydrogen) atoms. The Morgan fingerprint density at radius 1 is 0.930 bits per heavy atom. The lowest BCUT2D eigenvalue weighted by Crippen LogP contribution is -2.66. The third kappa shape index (κ3) is 4.32. The zero-order valence-corrected chi connectivity index (χ0v) is 27.1. The number of aliphatic carboxylic acids is 1. The van der Waals surface area contributed by atoms with Crippen molar-refractivity contribution in [1.82, 2.24) is 0 Å². The van der Waals surface area contributed by atoms with Crippen molar-refractivity contribution in [3.63, 3.8) is 0 Å². The van der Waals surface area contributed by atoms with Crippen LogP contribution in [0.1, 0.15) is 106 Å². The van der Waals surface area contributed by atoms with Gasteiger partial charge in [-0.1, -0.05) is 53.2 Å². The van der Waals surface area contributed by atoms with Crippen LogP contribution in [0.5, 0.6) is 0 Å². The fraction of sp³-hybridized carbons (Fsp3) is 0.914.